The summed E-state index contributed by atoms with van der Waals surface area (Å²) in [6, 6.07) is 8.29. The number of anilines is 1. The van der Waals surface area contributed by atoms with Gasteiger partial charge in [-0.15, -0.1) is 0 Å². The molecule has 0 saturated carbocycles. The number of hydrogen-bond donors (Lipinski definition) is 3. The third kappa shape index (κ3) is 1.43. The molecule has 0 aromatic heterocycles. The van der Waals surface area contributed by atoms with E-state index in [-0.39, 0.29) is 6.23 Å². The van der Waals surface area contributed by atoms with Crippen LogP contribution in [0, 0.1) is 5.92 Å². The Morgan fingerprint density at radius 1 is 1.27 bits per heavy atom. The number of rotatable bonds is 0. The SMILES string of the molecule is OC1Nc2ccccc2[C@@H]2CNCC[C@@H]12. The van der Waals surface area contributed by atoms with Crippen LogP contribution in [0.1, 0.15) is 17.9 Å². The Morgan fingerprint density at radius 3 is 3.07 bits per heavy atom. The second-order valence-corrected chi connectivity index (χ2v) is 4.44. The molecule has 1 saturated heterocycles. The Morgan fingerprint density at radius 2 is 2.13 bits per heavy atom. The number of aliphatic hydroxyl groups is 1. The fourth-order valence-corrected chi connectivity index (χ4v) is 2.82. The van der Waals surface area contributed by atoms with E-state index in [0.717, 1.165) is 25.2 Å². The smallest absolute Gasteiger partial charge is 0.128 e. The minimum atomic E-state index is -0.382. The molecule has 80 valence electrons. The first kappa shape index (κ1) is 9.19. The van der Waals surface area contributed by atoms with Gasteiger partial charge in [-0.2, -0.15) is 0 Å². The van der Waals surface area contributed by atoms with Crippen LogP contribution >= 0.6 is 0 Å². The Balaban J connectivity index is 2.02. The van der Waals surface area contributed by atoms with Crippen LogP contribution in [-0.4, -0.2) is 24.4 Å². The van der Waals surface area contributed by atoms with Gasteiger partial charge in [0, 0.05) is 24.1 Å². The second kappa shape index (κ2) is 3.51. The van der Waals surface area contributed by atoms with E-state index in [0.29, 0.717) is 11.8 Å². The fraction of sp³-hybridized carbons (Fsp3) is 0.500. The highest BCUT2D eigenvalue weighted by Gasteiger charge is 2.36. The van der Waals surface area contributed by atoms with Crippen LogP contribution in [0.4, 0.5) is 5.69 Å². The molecule has 3 heteroatoms. The topological polar surface area (TPSA) is 44.3 Å². The summed E-state index contributed by atoms with van der Waals surface area (Å²) < 4.78 is 0. The normalized spacial score (nSPS) is 33.8. The van der Waals surface area contributed by atoms with Gasteiger partial charge < -0.3 is 15.7 Å². The van der Waals surface area contributed by atoms with E-state index in [2.05, 4.69) is 22.8 Å². The maximum Gasteiger partial charge on any atom is 0.128 e. The number of hydrogen-bond acceptors (Lipinski definition) is 3. The Hall–Kier alpha value is -1.06. The third-order valence-corrected chi connectivity index (χ3v) is 3.60. The number of piperidine rings is 1. The predicted molar refractivity (Wildman–Crippen MR) is 59.8 cm³/mol. The molecule has 1 unspecified atom stereocenters. The molecular formula is C12H16N2O. The summed E-state index contributed by atoms with van der Waals surface area (Å²) in [4.78, 5) is 0. The van der Waals surface area contributed by atoms with Crippen molar-refractivity contribution in [3.05, 3.63) is 29.8 Å². The minimum Gasteiger partial charge on any atom is -0.374 e. The summed E-state index contributed by atoms with van der Waals surface area (Å²) in [5.41, 5.74) is 2.44. The van der Waals surface area contributed by atoms with Crippen LogP contribution in [0.25, 0.3) is 0 Å². The van der Waals surface area contributed by atoms with Crippen molar-refractivity contribution in [2.45, 2.75) is 18.6 Å². The molecule has 0 spiro atoms. The summed E-state index contributed by atoms with van der Waals surface area (Å²) in [5, 5.41) is 16.6. The molecule has 0 aliphatic carbocycles. The van der Waals surface area contributed by atoms with E-state index in [1.54, 1.807) is 0 Å². The first-order valence-corrected chi connectivity index (χ1v) is 5.60. The van der Waals surface area contributed by atoms with Crippen molar-refractivity contribution in [1.82, 2.24) is 5.32 Å². The highest BCUT2D eigenvalue weighted by molar-refractivity contribution is 5.56. The number of fused-ring (bicyclic) bond motifs is 3. The molecule has 2 aliphatic heterocycles. The van der Waals surface area contributed by atoms with Crippen molar-refractivity contribution in [2.75, 3.05) is 18.4 Å². The lowest BCUT2D eigenvalue weighted by Gasteiger charge is -2.41. The fourth-order valence-electron chi connectivity index (χ4n) is 2.82. The summed E-state index contributed by atoms with van der Waals surface area (Å²) in [7, 11) is 0. The molecule has 3 nitrogen and oxygen atoms in total. The molecule has 1 aromatic carbocycles. The highest BCUT2D eigenvalue weighted by Crippen LogP contribution is 2.39. The lowest BCUT2D eigenvalue weighted by Crippen LogP contribution is -2.46. The van der Waals surface area contributed by atoms with Crippen LogP contribution in [0.15, 0.2) is 24.3 Å². The zero-order chi connectivity index (χ0) is 10.3. The molecule has 2 heterocycles. The van der Waals surface area contributed by atoms with Gasteiger partial charge in [0.1, 0.15) is 6.23 Å². The third-order valence-electron chi connectivity index (χ3n) is 3.60. The number of aliphatic hydroxyl groups excluding tert-OH is 1. The zero-order valence-corrected chi connectivity index (χ0v) is 8.61. The van der Waals surface area contributed by atoms with E-state index in [1.165, 1.54) is 5.56 Å². The monoisotopic (exact) mass is 204 g/mol. The van der Waals surface area contributed by atoms with Gasteiger partial charge in [-0.1, -0.05) is 18.2 Å². The number of benzene rings is 1. The van der Waals surface area contributed by atoms with Crippen LogP contribution in [0.5, 0.6) is 0 Å². The number of para-hydroxylation sites is 1. The lowest BCUT2D eigenvalue weighted by atomic mass is 9.77. The van der Waals surface area contributed by atoms with E-state index in [4.69, 9.17) is 0 Å². The Kier molecular flexibility index (Phi) is 2.15. The van der Waals surface area contributed by atoms with Gasteiger partial charge in [0.15, 0.2) is 0 Å². The average Bonchev–Trinajstić information content (AvgIpc) is 2.30. The van der Waals surface area contributed by atoms with Gasteiger partial charge in [-0.3, -0.25) is 0 Å². The molecular weight excluding hydrogens is 188 g/mol. The standard InChI is InChI=1S/C12H16N2O/c15-12-9-5-6-13-7-10(9)8-3-1-2-4-11(8)14-12/h1-4,9-10,12-15H,5-7H2/t9-,10+,12?/m1/s1. The van der Waals surface area contributed by atoms with Gasteiger partial charge in [-0.25, -0.2) is 0 Å². The summed E-state index contributed by atoms with van der Waals surface area (Å²) in [6.07, 6.45) is 0.666. The quantitative estimate of drug-likeness (QED) is 0.593. The van der Waals surface area contributed by atoms with Crippen molar-refractivity contribution in [3.63, 3.8) is 0 Å². The van der Waals surface area contributed by atoms with E-state index >= 15 is 0 Å². The van der Waals surface area contributed by atoms with E-state index < -0.39 is 0 Å². The Bertz CT molecular complexity index is 366. The Labute approximate surface area is 89.5 Å². The van der Waals surface area contributed by atoms with Gasteiger partial charge >= 0.3 is 0 Å². The van der Waals surface area contributed by atoms with Crippen molar-refractivity contribution < 1.29 is 5.11 Å². The van der Waals surface area contributed by atoms with Gasteiger partial charge in [0.25, 0.3) is 0 Å². The maximum atomic E-state index is 10.0. The molecule has 0 amide bonds. The average molecular weight is 204 g/mol. The van der Waals surface area contributed by atoms with Gasteiger partial charge in [0.2, 0.25) is 0 Å². The summed E-state index contributed by atoms with van der Waals surface area (Å²) in [6.45, 7) is 2.00. The van der Waals surface area contributed by atoms with Crippen molar-refractivity contribution in [2.24, 2.45) is 5.92 Å². The molecule has 3 atom stereocenters. The summed E-state index contributed by atoms with van der Waals surface area (Å²) in [5.74, 6) is 0.826. The molecule has 1 aromatic rings. The van der Waals surface area contributed by atoms with E-state index in [9.17, 15) is 5.11 Å². The summed E-state index contributed by atoms with van der Waals surface area (Å²) >= 11 is 0. The first-order valence-electron chi connectivity index (χ1n) is 5.60. The second-order valence-electron chi connectivity index (χ2n) is 4.44. The molecule has 1 fully saturated rings. The molecule has 2 aliphatic rings. The molecule has 3 N–H and O–H groups in total. The van der Waals surface area contributed by atoms with Crippen LogP contribution in [0.2, 0.25) is 0 Å². The lowest BCUT2D eigenvalue weighted by molar-refractivity contribution is 0.0921. The highest BCUT2D eigenvalue weighted by atomic mass is 16.3. The minimum absolute atomic E-state index is 0.362. The first-order chi connectivity index (χ1) is 7.36. The van der Waals surface area contributed by atoms with Gasteiger partial charge in [-0.05, 0) is 24.6 Å². The largest absolute Gasteiger partial charge is 0.374 e. The maximum absolute atomic E-state index is 10.0. The van der Waals surface area contributed by atoms with Crippen LogP contribution < -0.4 is 10.6 Å². The van der Waals surface area contributed by atoms with Crippen LogP contribution in [-0.2, 0) is 0 Å². The van der Waals surface area contributed by atoms with Crippen molar-refractivity contribution in [3.8, 4) is 0 Å². The zero-order valence-electron chi connectivity index (χ0n) is 8.61. The molecule has 3 rings (SSSR count). The van der Waals surface area contributed by atoms with E-state index in [1.807, 2.05) is 12.1 Å². The molecule has 0 radical (unpaired) electrons. The predicted octanol–water partition coefficient (Wildman–Crippen LogP) is 1.12. The van der Waals surface area contributed by atoms with Crippen LogP contribution in [0.3, 0.4) is 0 Å². The number of nitrogens with one attached hydrogen (secondary N) is 2. The molecule has 15 heavy (non-hydrogen) atoms. The van der Waals surface area contributed by atoms with Crippen molar-refractivity contribution >= 4 is 5.69 Å². The van der Waals surface area contributed by atoms with Crippen molar-refractivity contribution in [1.29, 1.82) is 0 Å². The van der Waals surface area contributed by atoms with Gasteiger partial charge in [0.05, 0.1) is 0 Å². The molecule has 0 bridgehead atoms.